The van der Waals surface area contributed by atoms with Gasteiger partial charge in [0.15, 0.2) is 0 Å². The molecule has 0 aromatic carbocycles. The third-order valence-corrected chi connectivity index (χ3v) is 46.0. The Hall–Kier alpha value is 0.137. The molecule has 2 aliphatic heterocycles. The maximum atomic E-state index is 13.0. The van der Waals surface area contributed by atoms with Gasteiger partial charge in [-0.2, -0.15) is 0 Å². The van der Waals surface area contributed by atoms with Gasteiger partial charge in [0.25, 0.3) is 0 Å². The summed E-state index contributed by atoms with van der Waals surface area (Å²) >= 11 is 0. The second kappa shape index (κ2) is 31.1. The molecule has 2 saturated heterocycles. The Kier molecular flexibility index (Phi) is 21.8. The fourth-order valence-corrected chi connectivity index (χ4v) is 41.7. The molecule has 21 rings (SSSR count). The van der Waals surface area contributed by atoms with Crippen LogP contribution in [0.4, 0.5) is 0 Å². The quantitative estimate of drug-likeness (QED) is 0.257. The highest BCUT2D eigenvalue weighted by Crippen LogP contribution is 2.77. The van der Waals surface area contributed by atoms with E-state index in [1.807, 2.05) is 0 Å². The van der Waals surface area contributed by atoms with Crippen LogP contribution in [0.5, 0.6) is 0 Å². The molecule has 36 atom stereocenters. The van der Waals surface area contributed by atoms with Gasteiger partial charge in [-0.15, -0.1) is 0 Å². The summed E-state index contributed by atoms with van der Waals surface area (Å²) < 4.78 is 0. The summed E-state index contributed by atoms with van der Waals surface area (Å²) in [6.45, 7) is 2.85. The summed E-state index contributed by atoms with van der Waals surface area (Å²) in [6, 6.07) is 0.535. The normalized spacial score (nSPS) is 55.9. The zero-order chi connectivity index (χ0) is 69.1. The van der Waals surface area contributed by atoms with E-state index in [1.54, 1.807) is 353 Å². The van der Waals surface area contributed by atoms with Crippen LogP contribution in [-0.4, -0.2) is 26.9 Å². The number of rotatable bonds is 1. The van der Waals surface area contributed by atoms with E-state index in [0.717, 1.165) is 194 Å². The number of aliphatic hydroxyl groups excluding tert-OH is 1. The van der Waals surface area contributed by atoms with Crippen molar-refractivity contribution in [1.82, 2.24) is 5.32 Å². The summed E-state index contributed by atoms with van der Waals surface area (Å²) in [5.41, 5.74) is 3.95. The molecule has 19 aliphatic carbocycles. The van der Waals surface area contributed by atoms with E-state index >= 15 is 0 Å². The minimum atomic E-state index is -0.301. The Labute approximate surface area is 644 Å². The second-order valence-electron chi connectivity index (χ2n) is 47.6. The van der Waals surface area contributed by atoms with Crippen molar-refractivity contribution < 1.29 is 5.11 Å². The molecule has 36 unspecified atom stereocenters. The monoisotopic (exact) mass is 1440 g/mol. The van der Waals surface area contributed by atoms with Crippen LogP contribution in [0, 0.1) is 193 Å². The zero-order valence-corrected chi connectivity index (χ0v) is 69.8. The van der Waals surface area contributed by atoms with E-state index < -0.39 is 0 Å². The van der Waals surface area contributed by atoms with Gasteiger partial charge in [-0.05, 0) is 501 Å². The topological polar surface area (TPSA) is 32.3 Å². The lowest BCUT2D eigenvalue weighted by molar-refractivity contribution is -0.116. The van der Waals surface area contributed by atoms with Crippen molar-refractivity contribution in [2.45, 2.75) is 435 Å². The maximum absolute atomic E-state index is 13.0. The molecule has 0 aromatic heterocycles. The number of fused-ring (bicyclic) bond motifs is 12. The van der Waals surface area contributed by atoms with Gasteiger partial charge in [0, 0.05) is 15.6 Å². The number of nitrogens with one attached hydrogen (secondary N) is 1. The Morgan fingerprint density at radius 3 is 1.15 bits per heavy atom. The number of hydrogen-bond donors (Lipinski definition) is 2. The molecule has 21 fully saturated rings. The van der Waals surface area contributed by atoms with Gasteiger partial charge < -0.3 is 5.11 Å². The SMILES string of the molecule is C[SiH2]C1C23CCCC4(CCC5CC6CC7CC8CC9CCC%10CC%11CCC%12CCCC%13CCC%14CC%15CCCCCC%15CC%14CC%13CC%12CC%11CC%10CCC9CCCC8CCC7CCCC6C(CC(O)NC6CCC7CCC8CCC9CCCC%10(CCCC1(C%10)C2)CC9CC8CC7CC6)CC5C4)CC3. The smallest absolute Gasteiger partial charge is 0.105 e. The molecule has 104 heavy (non-hydrogen) atoms. The first-order chi connectivity index (χ1) is 51.0. The molecule has 0 aromatic rings. The fraction of sp³-hybridized carbons (Fsp3) is 1.00. The van der Waals surface area contributed by atoms with Gasteiger partial charge in [-0.1, -0.05) is 116 Å². The summed E-state index contributed by atoms with van der Waals surface area (Å²) in [7, 11) is -0.0841. The van der Waals surface area contributed by atoms with E-state index in [2.05, 4.69) is 11.9 Å². The average molecular weight is 1440 g/mol. The average Bonchev–Trinajstić information content (AvgIpc) is 0.961. The molecule has 10 bridgehead atoms. The predicted molar refractivity (Wildman–Crippen MR) is 438 cm³/mol. The van der Waals surface area contributed by atoms with Crippen LogP contribution in [-0.2, 0) is 0 Å². The standard InChI is InChI=1S/C101H167NOSi/c1-104-97-100-42-9-40-98(45-46-100)44-38-82-53-90-58-87-54-83-50-76-32-33-78-48-81-31-28-69-16-6-15-68-27-30-80-47-74-11-3-2-4-12-75(74)49-88(80)56-85(68)55-86(69)57-89(81)52-79(78)29-26-66(76)13-5-14-67(83)20-21-70(87)17-7-19-95(90)91(60-93(82)62-98)61-96(103)102-94-36-34-72-23-25-73-24-22-71-18-8-39-99(41-10-43-101(97,64-99)65-100)63-92(71)59-84(73)51-77(72)35-37-94/h66-97,102-103H,2-65,104H2,1H3. The van der Waals surface area contributed by atoms with Crippen LogP contribution in [0.3, 0.4) is 0 Å². The minimum Gasteiger partial charge on any atom is -0.379 e. The lowest BCUT2D eigenvalue weighted by Crippen LogP contribution is -2.57. The van der Waals surface area contributed by atoms with Gasteiger partial charge in [-0.3, -0.25) is 5.32 Å². The van der Waals surface area contributed by atoms with Crippen molar-refractivity contribution in [2.75, 3.05) is 0 Å². The predicted octanol–water partition coefficient (Wildman–Crippen LogP) is 27.3. The molecule has 3 heteroatoms. The first-order valence-corrected chi connectivity index (χ1v) is 52.7. The third kappa shape index (κ3) is 14.6. The number of aliphatic hydroxyl groups is 1. The van der Waals surface area contributed by atoms with Crippen LogP contribution in [0.25, 0.3) is 0 Å². The molecule has 0 amide bonds. The molecule has 2 heterocycles. The van der Waals surface area contributed by atoms with Gasteiger partial charge in [0.2, 0.25) is 0 Å². The van der Waals surface area contributed by atoms with E-state index in [1.165, 1.54) is 51.4 Å². The highest BCUT2D eigenvalue weighted by Gasteiger charge is 2.65. The molecular formula is C101H167NOSi. The van der Waals surface area contributed by atoms with Crippen LogP contribution in [0.2, 0.25) is 12.1 Å². The third-order valence-electron chi connectivity index (χ3n) is 43.5. The van der Waals surface area contributed by atoms with Gasteiger partial charge in [-0.25, -0.2) is 0 Å². The van der Waals surface area contributed by atoms with Crippen molar-refractivity contribution >= 4 is 9.52 Å². The summed E-state index contributed by atoms with van der Waals surface area (Å²) in [6.07, 6.45) is 101. The van der Waals surface area contributed by atoms with Gasteiger partial charge in [0.05, 0.1) is 0 Å². The zero-order valence-electron chi connectivity index (χ0n) is 68.4. The van der Waals surface area contributed by atoms with Crippen molar-refractivity contribution in [3.8, 4) is 0 Å². The van der Waals surface area contributed by atoms with E-state index in [-0.39, 0.29) is 15.7 Å². The Bertz CT molecular complexity index is 2830. The lowest BCUT2D eigenvalue weighted by Gasteiger charge is -2.68. The van der Waals surface area contributed by atoms with Gasteiger partial charge in [0.1, 0.15) is 6.23 Å². The lowest BCUT2D eigenvalue weighted by atomic mass is 9.42. The molecule has 2 nitrogen and oxygen atoms in total. The van der Waals surface area contributed by atoms with Crippen molar-refractivity contribution in [2.24, 2.45) is 193 Å². The molecule has 19 saturated carbocycles. The highest BCUT2D eigenvalue weighted by molar-refractivity contribution is 6.37. The first kappa shape index (κ1) is 73.1. The van der Waals surface area contributed by atoms with E-state index in [0.29, 0.717) is 16.9 Å². The maximum Gasteiger partial charge on any atom is 0.105 e. The Morgan fingerprint density at radius 2 is 0.567 bits per heavy atom. The van der Waals surface area contributed by atoms with Crippen LogP contribution < -0.4 is 5.32 Å². The molecule has 0 radical (unpaired) electrons. The summed E-state index contributed by atoms with van der Waals surface area (Å²) in [4.78, 5) is 0. The summed E-state index contributed by atoms with van der Waals surface area (Å²) in [5, 5.41) is 17.2. The summed E-state index contributed by atoms with van der Waals surface area (Å²) in [5.74, 6) is 29.6. The van der Waals surface area contributed by atoms with Crippen molar-refractivity contribution in [1.29, 1.82) is 0 Å². The highest BCUT2D eigenvalue weighted by atomic mass is 28.2. The number of hydrogen-bond acceptors (Lipinski definition) is 2. The Morgan fingerprint density at radius 1 is 0.231 bits per heavy atom. The van der Waals surface area contributed by atoms with Crippen LogP contribution >= 0.6 is 0 Å². The van der Waals surface area contributed by atoms with Gasteiger partial charge >= 0.3 is 0 Å². The molecule has 2 N–H and O–H groups in total. The minimum absolute atomic E-state index is 0.0841. The first-order valence-electron chi connectivity index (χ1n) is 50.5. The molecule has 21 aliphatic rings. The van der Waals surface area contributed by atoms with Crippen molar-refractivity contribution in [3.63, 3.8) is 0 Å². The molecular weight excluding hydrogens is 1270 g/mol. The van der Waals surface area contributed by atoms with Crippen LogP contribution in [0.1, 0.15) is 411 Å². The largest absolute Gasteiger partial charge is 0.379 e. The van der Waals surface area contributed by atoms with Crippen molar-refractivity contribution in [3.05, 3.63) is 0 Å². The van der Waals surface area contributed by atoms with E-state index in [4.69, 9.17) is 0 Å². The molecule has 4 spiro atoms. The van der Waals surface area contributed by atoms with Crippen LogP contribution in [0.15, 0.2) is 0 Å². The molecule has 586 valence electrons. The Balaban J connectivity index is 0.522. The van der Waals surface area contributed by atoms with E-state index in [9.17, 15) is 5.11 Å². The second-order valence-corrected chi connectivity index (χ2v) is 49.2. The fourth-order valence-electron chi connectivity index (χ4n) is 39.0.